The summed E-state index contributed by atoms with van der Waals surface area (Å²) in [6, 6.07) is 5.21. The predicted molar refractivity (Wildman–Crippen MR) is 118 cm³/mol. The molecule has 0 radical (unpaired) electrons. The van der Waals surface area contributed by atoms with Gasteiger partial charge in [0.05, 0.1) is 13.2 Å². The SMILES string of the molecule is CCOC(=O)c1nn(CCC(C)C)c2c1CN(C(=O)c1cnc3ccccn3c1=O)CC2. The number of rotatable bonds is 6. The highest BCUT2D eigenvalue weighted by molar-refractivity contribution is 5.94. The van der Waals surface area contributed by atoms with Crippen LogP contribution in [0.5, 0.6) is 0 Å². The second-order valence-corrected chi connectivity index (χ2v) is 8.28. The van der Waals surface area contributed by atoms with Gasteiger partial charge in [-0.2, -0.15) is 5.10 Å². The summed E-state index contributed by atoms with van der Waals surface area (Å²) in [5.41, 5.74) is 1.96. The molecular formula is C23H27N5O4. The molecule has 0 aliphatic carbocycles. The van der Waals surface area contributed by atoms with E-state index < -0.39 is 17.4 Å². The fourth-order valence-electron chi connectivity index (χ4n) is 3.94. The van der Waals surface area contributed by atoms with Gasteiger partial charge in [0.15, 0.2) is 5.69 Å². The predicted octanol–water partition coefficient (Wildman–Crippen LogP) is 2.31. The maximum Gasteiger partial charge on any atom is 0.359 e. The van der Waals surface area contributed by atoms with E-state index in [1.807, 2.05) is 4.68 Å². The first kappa shape index (κ1) is 21.7. The molecule has 1 amide bonds. The third-order valence-corrected chi connectivity index (χ3v) is 5.65. The molecule has 0 saturated heterocycles. The minimum Gasteiger partial charge on any atom is -0.461 e. The van der Waals surface area contributed by atoms with Crippen LogP contribution >= 0.6 is 0 Å². The zero-order chi connectivity index (χ0) is 22.8. The van der Waals surface area contributed by atoms with Crippen molar-refractivity contribution < 1.29 is 14.3 Å². The molecule has 0 spiro atoms. The Labute approximate surface area is 185 Å². The summed E-state index contributed by atoms with van der Waals surface area (Å²) in [5, 5.41) is 4.53. The van der Waals surface area contributed by atoms with Crippen molar-refractivity contribution in [1.29, 1.82) is 0 Å². The molecule has 0 fully saturated rings. The van der Waals surface area contributed by atoms with Gasteiger partial charge in [-0.15, -0.1) is 0 Å². The van der Waals surface area contributed by atoms with Crippen molar-refractivity contribution in [2.45, 2.75) is 46.7 Å². The summed E-state index contributed by atoms with van der Waals surface area (Å²) in [6.45, 7) is 7.59. The zero-order valence-electron chi connectivity index (χ0n) is 18.6. The first-order chi connectivity index (χ1) is 15.4. The highest BCUT2D eigenvalue weighted by Gasteiger charge is 2.32. The Hall–Kier alpha value is -3.49. The number of carbonyl (C=O) groups excluding carboxylic acids is 2. The Morgan fingerprint density at radius 3 is 2.81 bits per heavy atom. The Bertz CT molecular complexity index is 1230. The van der Waals surface area contributed by atoms with Crippen LogP contribution in [0.4, 0.5) is 0 Å². The molecule has 4 rings (SSSR count). The average molecular weight is 438 g/mol. The normalized spacial score (nSPS) is 13.4. The van der Waals surface area contributed by atoms with E-state index >= 15 is 0 Å². The standard InChI is InChI=1S/C23H27N5O4/c1-4-32-23(31)20-17-14-26(11-9-18(17)28(25-20)12-8-15(2)3)21(29)16-13-24-19-7-5-6-10-27(19)22(16)30/h5-7,10,13,15H,4,8-9,11-12,14H2,1-3H3. The number of pyridine rings is 1. The van der Waals surface area contributed by atoms with Gasteiger partial charge in [0, 0.05) is 43.2 Å². The van der Waals surface area contributed by atoms with Crippen molar-refractivity contribution in [3.05, 3.63) is 63.5 Å². The number of nitrogens with zero attached hydrogens (tertiary/aromatic N) is 5. The van der Waals surface area contributed by atoms with E-state index in [-0.39, 0.29) is 24.4 Å². The monoisotopic (exact) mass is 437 g/mol. The zero-order valence-corrected chi connectivity index (χ0v) is 18.6. The lowest BCUT2D eigenvalue weighted by atomic mass is 10.0. The number of esters is 1. The number of hydrogen-bond donors (Lipinski definition) is 0. The van der Waals surface area contributed by atoms with Crippen molar-refractivity contribution in [3.8, 4) is 0 Å². The Morgan fingerprint density at radius 1 is 1.25 bits per heavy atom. The van der Waals surface area contributed by atoms with E-state index in [9.17, 15) is 14.4 Å². The molecule has 9 heteroatoms. The second kappa shape index (κ2) is 8.94. The van der Waals surface area contributed by atoms with E-state index in [1.165, 1.54) is 10.6 Å². The van der Waals surface area contributed by atoms with Gasteiger partial charge in [0.2, 0.25) is 0 Å². The quantitative estimate of drug-likeness (QED) is 0.549. The molecule has 1 aliphatic heterocycles. The second-order valence-electron chi connectivity index (χ2n) is 8.28. The number of hydrogen-bond acceptors (Lipinski definition) is 6. The van der Waals surface area contributed by atoms with E-state index in [0.717, 1.165) is 12.1 Å². The van der Waals surface area contributed by atoms with Crippen molar-refractivity contribution >= 4 is 17.5 Å². The number of ether oxygens (including phenoxy) is 1. The van der Waals surface area contributed by atoms with Crippen LogP contribution in [-0.2, 0) is 24.2 Å². The lowest BCUT2D eigenvalue weighted by molar-refractivity contribution is 0.0513. The van der Waals surface area contributed by atoms with Crippen molar-refractivity contribution in [2.24, 2.45) is 5.92 Å². The molecule has 168 valence electrons. The molecule has 3 aromatic heterocycles. The highest BCUT2D eigenvalue weighted by Crippen LogP contribution is 2.25. The molecule has 9 nitrogen and oxygen atoms in total. The van der Waals surface area contributed by atoms with Crippen LogP contribution in [0.3, 0.4) is 0 Å². The van der Waals surface area contributed by atoms with Crippen LogP contribution in [0.1, 0.15) is 59.3 Å². The Kier molecular flexibility index (Phi) is 6.07. The fraction of sp³-hybridized carbons (Fsp3) is 0.435. The van der Waals surface area contributed by atoms with Crippen LogP contribution < -0.4 is 5.56 Å². The van der Waals surface area contributed by atoms with Crippen LogP contribution in [-0.4, -0.2) is 49.1 Å². The molecular weight excluding hydrogens is 410 g/mol. The van der Waals surface area contributed by atoms with E-state index in [2.05, 4.69) is 23.9 Å². The summed E-state index contributed by atoms with van der Waals surface area (Å²) in [7, 11) is 0. The van der Waals surface area contributed by atoms with Crippen molar-refractivity contribution in [1.82, 2.24) is 24.1 Å². The third kappa shape index (κ3) is 4.02. The largest absolute Gasteiger partial charge is 0.461 e. The first-order valence-electron chi connectivity index (χ1n) is 10.9. The van der Waals surface area contributed by atoms with Gasteiger partial charge in [-0.3, -0.25) is 18.7 Å². The van der Waals surface area contributed by atoms with Gasteiger partial charge in [-0.25, -0.2) is 9.78 Å². The maximum absolute atomic E-state index is 13.2. The summed E-state index contributed by atoms with van der Waals surface area (Å²) in [4.78, 5) is 44.5. The summed E-state index contributed by atoms with van der Waals surface area (Å²) in [6.07, 6.45) is 4.40. The molecule has 0 aromatic carbocycles. The smallest absolute Gasteiger partial charge is 0.359 e. The minimum absolute atomic E-state index is 0.00188. The van der Waals surface area contributed by atoms with E-state index in [1.54, 1.807) is 36.2 Å². The van der Waals surface area contributed by atoms with Crippen LogP contribution in [0.2, 0.25) is 0 Å². The van der Waals surface area contributed by atoms with Gasteiger partial charge in [-0.1, -0.05) is 19.9 Å². The summed E-state index contributed by atoms with van der Waals surface area (Å²) in [5.74, 6) is -0.402. The summed E-state index contributed by atoms with van der Waals surface area (Å²) >= 11 is 0. The molecule has 0 saturated carbocycles. The van der Waals surface area contributed by atoms with Gasteiger partial charge in [0.1, 0.15) is 11.2 Å². The summed E-state index contributed by atoms with van der Waals surface area (Å²) < 4.78 is 8.43. The van der Waals surface area contributed by atoms with Crippen LogP contribution in [0.25, 0.3) is 5.65 Å². The van der Waals surface area contributed by atoms with Crippen molar-refractivity contribution in [3.63, 3.8) is 0 Å². The molecule has 0 unspecified atom stereocenters. The Morgan fingerprint density at radius 2 is 2.06 bits per heavy atom. The van der Waals surface area contributed by atoms with Crippen molar-refractivity contribution in [2.75, 3.05) is 13.2 Å². The average Bonchev–Trinajstić information content (AvgIpc) is 3.16. The number of aryl methyl sites for hydroxylation is 1. The molecule has 0 atom stereocenters. The first-order valence-corrected chi connectivity index (χ1v) is 10.9. The Balaban J connectivity index is 1.66. The third-order valence-electron chi connectivity index (χ3n) is 5.65. The fourth-order valence-corrected chi connectivity index (χ4v) is 3.94. The molecule has 32 heavy (non-hydrogen) atoms. The van der Waals surface area contributed by atoms with Crippen LogP contribution in [0, 0.1) is 5.92 Å². The number of aromatic nitrogens is 4. The molecule has 0 bridgehead atoms. The topological polar surface area (TPSA) is 98.8 Å². The lowest BCUT2D eigenvalue weighted by Crippen LogP contribution is -2.39. The molecule has 3 aromatic rings. The lowest BCUT2D eigenvalue weighted by Gasteiger charge is -2.27. The highest BCUT2D eigenvalue weighted by atomic mass is 16.5. The number of carbonyl (C=O) groups is 2. The van der Waals surface area contributed by atoms with Gasteiger partial charge in [-0.05, 0) is 31.4 Å². The van der Waals surface area contributed by atoms with Gasteiger partial charge < -0.3 is 9.64 Å². The number of amides is 1. The van der Waals surface area contributed by atoms with E-state index in [0.29, 0.717) is 36.6 Å². The van der Waals surface area contributed by atoms with E-state index in [4.69, 9.17) is 4.74 Å². The molecule has 4 heterocycles. The van der Waals surface area contributed by atoms with Crippen LogP contribution in [0.15, 0.2) is 35.4 Å². The minimum atomic E-state index is -0.492. The maximum atomic E-state index is 13.2. The molecule has 1 aliphatic rings. The molecule has 0 N–H and O–H groups in total. The number of fused-ring (bicyclic) bond motifs is 2. The van der Waals surface area contributed by atoms with Gasteiger partial charge in [0.25, 0.3) is 11.5 Å². The van der Waals surface area contributed by atoms with Gasteiger partial charge >= 0.3 is 5.97 Å².